The molecule has 2 amide bonds. The van der Waals surface area contributed by atoms with E-state index in [0.717, 1.165) is 12.1 Å². The van der Waals surface area contributed by atoms with E-state index in [4.69, 9.17) is 0 Å². The van der Waals surface area contributed by atoms with E-state index in [0.29, 0.717) is 41.9 Å². The molecule has 0 saturated carbocycles. The van der Waals surface area contributed by atoms with Crippen molar-refractivity contribution in [3.8, 4) is 0 Å². The number of nitrogens with one attached hydrogen (secondary N) is 3. The minimum absolute atomic E-state index is 0.0462. The molecule has 1 aliphatic heterocycles. The summed E-state index contributed by atoms with van der Waals surface area (Å²) in [5.41, 5.74) is 1.18. The summed E-state index contributed by atoms with van der Waals surface area (Å²) in [7, 11) is 0. The van der Waals surface area contributed by atoms with Gasteiger partial charge in [0.25, 0.3) is 0 Å². The van der Waals surface area contributed by atoms with Crippen molar-refractivity contribution in [3.63, 3.8) is 0 Å². The number of aromatic amines is 2. The average molecular weight is 461 g/mol. The highest BCUT2D eigenvalue weighted by Crippen LogP contribution is 2.32. The molecule has 0 aliphatic carbocycles. The van der Waals surface area contributed by atoms with E-state index in [-0.39, 0.29) is 24.0 Å². The van der Waals surface area contributed by atoms with Crippen molar-refractivity contribution in [1.82, 2.24) is 19.8 Å². The number of hydrogen-bond donors (Lipinski definition) is 3. The lowest BCUT2D eigenvalue weighted by molar-refractivity contribution is -0.138. The number of rotatable bonds is 4. The van der Waals surface area contributed by atoms with Crippen molar-refractivity contribution in [2.75, 3.05) is 31.5 Å². The van der Waals surface area contributed by atoms with Gasteiger partial charge in [-0.2, -0.15) is 13.2 Å². The van der Waals surface area contributed by atoms with Gasteiger partial charge in [0, 0.05) is 32.2 Å². The van der Waals surface area contributed by atoms with Crippen LogP contribution >= 0.6 is 0 Å². The van der Waals surface area contributed by atoms with E-state index < -0.39 is 17.8 Å². The lowest BCUT2D eigenvalue weighted by Crippen LogP contribution is -2.51. The first-order valence-corrected chi connectivity index (χ1v) is 10.3. The molecule has 1 aliphatic rings. The largest absolute Gasteiger partial charge is 0.416 e. The maximum Gasteiger partial charge on any atom is 0.416 e. The molecule has 0 radical (unpaired) electrons. The lowest BCUT2D eigenvalue weighted by Gasteiger charge is -2.41. The number of aromatic nitrogens is 2. The molecule has 2 aromatic carbocycles. The summed E-state index contributed by atoms with van der Waals surface area (Å²) in [6.07, 6.45) is -4.44. The van der Waals surface area contributed by atoms with Crippen LogP contribution in [0.25, 0.3) is 11.0 Å². The Morgan fingerprint density at radius 2 is 1.76 bits per heavy atom. The second kappa shape index (κ2) is 8.74. The summed E-state index contributed by atoms with van der Waals surface area (Å²) in [4.78, 5) is 44.8. The quantitative estimate of drug-likeness (QED) is 0.556. The number of anilines is 1. The van der Waals surface area contributed by atoms with Crippen molar-refractivity contribution in [1.29, 1.82) is 0 Å². The summed E-state index contributed by atoms with van der Waals surface area (Å²) < 4.78 is 38.7. The van der Waals surface area contributed by atoms with Crippen LogP contribution < -0.4 is 11.0 Å². The minimum Gasteiger partial charge on any atom is -0.333 e. The molecular formula is C22H22F3N5O3. The van der Waals surface area contributed by atoms with Crippen molar-refractivity contribution >= 4 is 28.5 Å². The van der Waals surface area contributed by atoms with Gasteiger partial charge >= 0.3 is 11.9 Å². The number of piperazine rings is 1. The summed E-state index contributed by atoms with van der Waals surface area (Å²) in [6, 6.07) is 9.27. The second-order valence-corrected chi connectivity index (χ2v) is 7.97. The van der Waals surface area contributed by atoms with Gasteiger partial charge in [-0.25, -0.2) is 4.79 Å². The first kappa shape index (κ1) is 22.6. The molecule has 33 heavy (non-hydrogen) atoms. The highest BCUT2D eigenvalue weighted by atomic mass is 19.4. The van der Waals surface area contributed by atoms with Gasteiger partial charge in [-0.15, -0.1) is 0 Å². The molecule has 1 fully saturated rings. The normalized spacial score (nSPS) is 17.3. The van der Waals surface area contributed by atoms with Gasteiger partial charge in [-0.05, 0) is 35.9 Å². The van der Waals surface area contributed by atoms with Gasteiger partial charge in [0.15, 0.2) is 0 Å². The Kier molecular flexibility index (Phi) is 5.98. The third kappa shape index (κ3) is 5.08. The van der Waals surface area contributed by atoms with Gasteiger partial charge in [0.05, 0.1) is 29.2 Å². The predicted molar refractivity (Wildman–Crippen MR) is 116 cm³/mol. The Balaban J connectivity index is 1.45. The number of halogens is 3. The number of hydrogen-bond acceptors (Lipinski definition) is 4. The Morgan fingerprint density at radius 1 is 1.06 bits per heavy atom. The van der Waals surface area contributed by atoms with Crippen LogP contribution in [0.1, 0.15) is 24.1 Å². The zero-order valence-corrected chi connectivity index (χ0v) is 17.7. The molecule has 2 heterocycles. The third-order valence-electron chi connectivity index (χ3n) is 5.66. The van der Waals surface area contributed by atoms with Crippen LogP contribution in [0.5, 0.6) is 0 Å². The molecule has 1 atom stereocenters. The summed E-state index contributed by atoms with van der Waals surface area (Å²) in [6.45, 7) is 2.58. The molecule has 0 spiro atoms. The van der Waals surface area contributed by atoms with Crippen molar-refractivity contribution in [2.45, 2.75) is 19.1 Å². The Hall–Kier alpha value is -3.60. The zero-order chi connectivity index (χ0) is 23.8. The summed E-state index contributed by atoms with van der Waals surface area (Å²) >= 11 is 0. The fraction of sp³-hybridized carbons (Fsp3) is 0.318. The SMILES string of the molecule is CC(=O)N1CCN(CC(=O)Nc2ccc3[nH]c(=O)[nH]c3c2)CC1c1ccc(C(F)(F)F)cc1. The number of carbonyl (C=O) groups excluding carboxylic acids is 2. The lowest BCUT2D eigenvalue weighted by atomic mass is 10.0. The molecule has 174 valence electrons. The van der Waals surface area contributed by atoms with Crippen LogP contribution in [0, 0.1) is 0 Å². The molecule has 1 aromatic heterocycles. The highest BCUT2D eigenvalue weighted by molar-refractivity contribution is 5.94. The van der Waals surface area contributed by atoms with E-state index in [9.17, 15) is 27.6 Å². The van der Waals surface area contributed by atoms with Gasteiger partial charge in [0.2, 0.25) is 11.8 Å². The number of imidazole rings is 1. The van der Waals surface area contributed by atoms with Crippen LogP contribution in [0.2, 0.25) is 0 Å². The topological polar surface area (TPSA) is 101 Å². The maximum absolute atomic E-state index is 12.9. The first-order valence-electron chi connectivity index (χ1n) is 10.3. The average Bonchev–Trinajstić information content (AvgIpc) is 3.12. The number of alkyl halides is 3. The number of H-pyrrole nitrogens is 2. The van der Waals surface area contributed by atoms with Crippen molar-refractivity contribution < 1.29 is 22.8 Å². The van der Waals surface area contributed by atoms with Gasteiger partial charge in [-0.1, -0.05) is 12.1 Å². The molecule has 4 rings (SSSR count). The van der Waals surface area contributed by atoms with Gasteiger partial charge in [0.1, 0.15) is 0 Å². The number of carbonyl (C=O) groups is 2. The van der Waals surface area contributed by atoms with Gasteiger partial charge in [-0.3, -0.25) is 14.5 Å². The monoisotopic (exact) mass is 461 g/mol. The zero-order valence-electron chi connectivity index (χ0n) is 17.7. The molecule has 0 bridgehead atoms. The molecule has 3 aromatic rings. The minimum atomic E-state index is -4.44. The van der Waals surface area contributed by atoms with Crippen molar-refractivity contribution in [2.24, 2.45) is 0 Å². The van der Waals surface area contributed by atoms with Crippen LogP contribution in [-0.4, -0.2) is 57.8 Å². The number of benzene rings is 2. The highest BCUT2D eigenvalue weighted by Gasteiger charge is 2.33. The Bertz CT molecular complexity index is 1230. The maximum atomic E-state index is 12.9. The van der Waals surface area contributed by atoms with Crippen LogP contribution in [0.3, 0.4) is 0 Å². The number of amides is 2. The third-order valence-corrected chi connectivity index (χ3v) is 5.66. The molecule has 11 heteroatoms. The van der Waals surface area contributed by atoms with E-state index >= 15 is 0 Å². The van der Waals surface area contributed by atoms with Crippen LogP contribution in [-0.2, 0) is 15.8 Å². The fourth-order valence-corrected chi connectivity index (χ4v) is 4.05. The molecule has 1 saturated heterocycles. The van der Waals surface area contributed by atoms with E-state index in [1.165, 1.54) is 19.1 Å². The smallest absolute Gasteiger partial charge is 0.333 e. The van der Waals surface area contributed by atoms with E-state index in [1.807, 2.05) is 4.90 Å². The number of nitrogens with zero attached hydrogens (tertiary/aromatic N) is 2. The first-order chi connectivity index (χ1) is 15.6. The second-order valence-electron chi connectivity index (χ2n) is 7.97. The van der Waals surface area contributed by atoms with Crippen LogP contribution in [0.15, 0.2) is 47.3 Å². The van der Waals surface area contributed by atoms with Crippen molar-refractivity contribution in [3.05, 3.63) is 64.1 Å². The molecule has 1 unspecified atom stereocenters. The van der Waals surface area contributed by atoms with E-state index in [2.05, 4.69) is 15.3 Å². The molecular weight excluding hydrogens is 439 g/mol. The Labute approximate surface area is 186 Å². The standard InChI is InChI=1S/C22H22F3N5O3/c1-13(31)30-9-8-29(11-19(30)14-2-4-15(5-3-14)22(23,24)25)12-20(32)26-16-6-7-17-18(10-16)28-21(33)27-17/h2-7,10,19H,8-9,11-12H2,1H3,(H,26,32)(H2,27,28,33). The van der Waals surface area contributed by atoms with Crippen LogP contribution in [0.4, 0.5) is 18.9 Å². The Morgan fingerprint density at radius 3 is 2.42 bits per heavy atom. The summed E-state index contributed by atoms with van der Waals surface area (Å²) in [5, 5.41) is 2.78. The van der Waals surface area contributed by atoms with Gasteiger partial charge < -0.3 is 20.2 Å². The molecule has 8 nitrogen and oxygen atoms in total. The predicted octanol–water partition coefficient (Wildman–Crippen LogP) is 2.72. The fourth-order valence-electron chi connectivity index (χ4n) is 4.05. The molecule has 3 N–H and O–H groups in total. The number of fused-ring (bicyclic) bond motifs is 1. The summed E-state index contributed by atoms with van der Waals surface area (Å²) in [5.74, 6) is -0.465. The van der Waals surface area contributed by atoms with E-state index in [1.54, 1.807) is 23.1 Å².